The van der Waals surface area contributed by atoms with Gasteiger partial charge in [0.1, 0.15) is 0 Å². The second-order valence-electron chi connectivity index (χ2n) is 6.55. The van der Waals surface area contributed by atoms with Gasteiger partial charge in [0.25, 0.3) is 0 Å². The lowest BCUT2D eigenvalue weighted by Gasteiger charge is -2.49. The molecule has 1 spiro atoms. The zero-order valence-electron chi connectivity index (χ0n) is 11.9. The normalized spacial score (nSPS) is 41.3. The monoisotopic (exact) mass is 265 g/mol. The van der Waals surface area contributed by atoms with Crippen LogP contribution >= 0.6 is 0 Å². The molecule has 0 amide bonds. The highest BCUT2D eigenvalue weighted by molar-refractivity contribution is 5.04. The summed E-state index contributed by atoms with van der Waals surface area (Å²) in [6.45, 7) is 3.79. The molecule has 0 unspecified atom stereocenters. The average molecular weight is 265 g/mol. The van der Waals surface area contributed by atoms with Crippen LogP contribution in [0.3, 0.4) is 0 Å². The summed E-state index contributed by atoms with van der Waals surface area (Å²) in [6.07, 6.45) is 12.5. The van der Waals surface area contributed by atoms with E-state index in [4.69, 9.17) is 4.74 Å². The van der Waals surface area contributed by atoms with Gasteiger partial charge in [-0.3, -0.25) is 4.90 Å². The second kappa shape index (κ2) is 5.94. The minimum Gasteiger partial charge on any atom is -0.391 e. The highest BCUT2D eigenvalue weighted by Crippen LogP contribution is 2.43. The Hall–Kier alpha value is -0.380. The Morgan fingerprint density at radius 2 is 1.95 bits per heavy atom. The molecule has 0 aromatic rings. The first-order valence-electron chi connectivity index (χ1n) is 7.97. The Balaban J connectivity index is 1.73. The van der Waals surface area contributed by atoms with Gasteiger partial charge in [-0.1, -0.05) is 25.0 Å². The summed E-state index contributed by atoms with van der Waals surface area (Å²) in [4.78, 5) is 2.55. The number of allylic oxidation sites excluding steroid dienone is 1. The van der Waals surface area contributed by atoms with Crippen LogP contribution in [0.25, 0.3) is 0 Å². The van der Waals surface area contributed by atoms with E-state index >= 15 is 0 Å². The van der Waals surface area contributed by atoms with E-state index < -0.39 is 0 Å². The SMILES string of the molecule is O[C@H]1[C@H](N2CCCCC2)CCC[C@]12CC=CCOC2. The van der Waals surface area contributed by atoms with Gasteiger partial charge in [-0.2, -0.15) is 0 Å². The fourth-order valence-electron chi connectivity index (χ4n) is 4.17. The first kappa shape index (κ1) is 13.6. The van der Waals surface area contributed by atoms with Crippen LogP contribution < -0.4 is 0 Å². The summed E-state index contributed by atoms with van der Waals surface area (Å²) in [5, 5.41) is 11.0. The number of nitrogens with zero attached hydrogens (tertiary/aromatic N) is 1. The van der Waals surface area contributed by atoms with Crippen molar-refractivity contribution in [3.63, 3.8) is 0 Å². The lowest BCUT2D eigenvalue weighted by molar-refractivity contribution is -0.105. The van der Waals surface area contributed by atoms with Crippen LogP contribution in [0.1, 0.15) is 44.9 Å². The van der Waals surface area contributed by atoms with E-state index in [0.717, 1.165) is 25.9 Å². The summed E-state index contributed by atoms with van der Waals surface area (Å²) >= 11 is 0. The average Bonchev–Trinajstić information content (AvgIpc) is 2.70. The molecule has 3 rings (SSSR count). The molecule has 2 heterocycles. The fourth-order valence-corrected chi connectivity index (χ4v) is 4.17. The molecule has 1 aliphatic carbocycles. The molecule has 1 saturated carbocycles. The van der Waals surface area contributed by atoms with E-state index in [1.165, 1.54) is 38.8 Å². The lowest BCUT2D eigenvalue weighted by Crippen LogP contribution is -2.56. The number of hydrogen-bond donors (Lipinski definition) is 1. The van der Waals surface area contributed by atoms with Gasteiger partial charge in [0, 0.05) is 11.5 Å². The molecule has 2 fully saturated rings. The van der Waals surface area contributed by atoms with Gasteiger partial charge >= 0.3 is 0 Å². The van der Waals surface area contributed by atoms with Crippen molar-refractivity contribution in [3.05, 3.63) is 12.2 Å². The van der Waals surface area contributed by atoms with Gasteiger partial charge in [-0.05, 0) is 45.2 Å². The minimum atomic E-state index is -0.220. The predicted octanol–water partition coefficient (Wildman–Crippen LogP) is 2.35. The lowest BCUT2D eigenvalue weighted by atomic mass is 9.67. The van der Waals surface area contributed by atoms with Crippen LogP contribution in [0.15, 0.2) is 12.2 Å². The van der Waals surface area contributed by atoms with Crippen molar-refractivity contribution in [2.45, 2.75) is 57.1 Å². The Labute approximate surface area is 116 Å². The molecule has 2 aliphatic heterocycles. The second-order valence-corrected chi connectivity index (χ2v) is 6.55. The van der Waals surface area contributed by atoms with Gasteiger partial charge in [0.15, 0.2) is 0 Å². The van der Waals surface area contributed by atoms with Gasteiger partial charge in [-0.25, -0.2) is 0 Å². The third-order valence-corrected chi connectivity index (χ3v) is 5.32. The van der Waals surface area contributed by atoms with Crippen LogP contribution in [0.2, 0.25) is 0 Å². The van der Waals surface area contributed by atoms with E-state index in [-0.39, 0.29) is 11.5 Å². The molecule has 0 aromatic carbocycles. The standard InChI is InChI=1S/C16H27NO2/c18-15-14(17-10-3-1-4-11-17)7-6-9-16(15)8-2-5-12-19-13-16/h2,5,14-15,18H,1,3-4,6-13H2/t14-,15+,16+/m1/s1. The minimum absolute atomic E-state index is 0.0205. The van der Waals surface area contributed by atoms with Gasteiger partial charge in [0.2, 0.25) is 0 Å². The van der Waals surface area contributed by atoms with E-state index in [9.17, 15) is 5.11 Å². The van der Waals surface area contributed by atoms with Crippen LogP contribution in [0, 0.1) is 5.41 Å². The molecule has 0 bridgehead atoms. The molecular formula is C16H27NO2. The van der Waals surface area contributed by atoms with Crippen molar-refractivity contribution in [1.82, 2.24) is 4.90 Å². The predicted molar refractivity (Wildman–Crippen MR) is 76.1 cm³/mol. The first-order chi connectivity index (χ1) is 9.32. The summed E-state index contributed by atoms with van der Waals surface area (Å²) in [7, 11) is 0. The first-order valence-corrected chi connectivity index (χ1v) is 7.97. The van der Waals surface area contributed by atoms with Gasteiger partial charge in [0.05, 0.1) is 19.3 Å². The molecule has 0 radical (unpaired) electrons. The van der Waals surface area contributed by atoms with E-state index in [0.29, 0.717) is 12.6 Å². The number of aliphatic hydroxyl groups is 1. The third kappa shape index (κ3) is 2.74. The van der Waals surface area contributed by atoms with E-state index in [1.807, 2.05) is 0 Å². The largest absolute Gasteiger partial charge is 0.391 e. The van der Waals surface area contributed by atoms with Crippen LogP contribution in [-0.4, -0.2) is 48.5 Å². The van der Waals surface area contributed by atoms with Crippen molar-refractivity contribution in [3.8, 4) is 0 Å². The molecular weight excluding hydrogens is 238 g/mol. The summed E-state index contributed by atoms with van der Waals surface area (Å²) < 4.78 is 5.73. The summed E-state index contributed by atoms with van der Waals surface area (Å²) in [5.74, 6) is 0. The van der Waals surface area contributed by atoms with Crippen molar-refractivity contribution >= 4 is 0 Å². The number of rotatable bonds is 1. The molecule has 19 heavy (non-hydrogen) atoms. The number of aliphatic hydroxyl groups excluding tert-OH is 1. The number of piperidine rings is 1. The number of hydrogen-bond acceptors (Lipinski definition) is 3. The molecule has 3 aliphatic rings. The quantitative estimate of drug-likeness (QED) is 0.739. The highest BCUT2D eigenvalue weighted by atomic mass is 16.5. The molecule has 3 nitrogen and oxygen atoms in total. The fraction of sp³-hybridized carbons (Fsp3) is 0.875. The van der Waals surface area contributed by atoms with Crippen LogP contribution in [0.4, 0.5) is 0 Å². The zero-order chi connectivity index (χ0) is 13.1. The Morgan fingerprint density at radius 3 is 2.79 bits per heavy atom. The molecule has 1 saturated heterocycles. The highest BCUT2D eigenvalue weighted by Gasteiger charge is 2.46. The van der Waals surface area contributed by atoms with E-state index in [1.54, 1.807) is 0 Å². The summed E-state index contributed by atoms with van der Waals surface area (Å²) in [6, 6.07) is 0.365. The van der Waals surface area contributed by atoms with E-state index in [2.05, 4.69) is 17.1 Å². The maximum Gasteiger partial charge on any atom is 0.0776 e. The van der Waals surface area contributed by atoms with Gasteiger partial charge in [-0.15, -0.1) is 0 Å². The van der Waals surface area contributed by atoms with Crippen molar-refractivity contribution in [2.75, 3.05) is 26.3 Å². The molecule has 1 N–H and O–H groups in total. The maximum atomic E-state index is 11.0. The smallest absolute Gasteiger partial charge is 0.0776 e. The summed E-state index contributed by atoms with van der Waals surface area (Å²) in [5.41, 5.74) is -0.0205. The molecule has 3 heteroatoms. The van der Waals surface area contributed by atoms with Crippen LogP contribution in [-0.2, 0) is 4.74 Å². The molecule has 108 valence electrons. The Kier molecular flexibility index (Phi) is 4.25. The van der Waals surface area contributed by atoms with Crippen LogP contribution in [0.5, 0.6) is 0 Å². The topological polar surface area (TPSA) is 32.7 Å². The Morgan fingerprint density at radius 1 is 1.11 bits per heavy atom. The molecule has 0 aromatic heterocycles. The maximum absolute atomic E-state index is 11.0. The Bertz CT molecular complexity index is 325. The van der Waals surface area contributed by atoms with Crippen molar-refractivity contribution < 1.29 is 9.84 Å². The van der Waals surface area contributed by atoms with Crippen molar-refractivity contribution in [1.29, 1.82) is 0 Å². The number of ether oxygens (including phenoxy) is 1. The zero-order valence-corrected chi connectivity index (χ0v) is 11.9. The number of likely N-dealkylation sites (tertiary alicyclic amines) is 1. The third-order valence-electron chi connectivity index (χ3n) is 5.32. The van der Waals surface area contributed by atoms with Crippen molar-refractivity contribution in [2.24, 2.45) is 5.41 Å². The van der Waals surface area contributed by atoms with Gasteiger partial charge < -0.3 is 9.84 Å². The molecule has 3 atom stereocenters.